The van der Waals surface area contributed by atoms with Crippen molar-refractivity contribution in [3.8, 4) is 0 Å². The molecule has 0 saturated carbocycles. The van der Waals surface area contributed by atoms with Crippen LogP contribution in [0.25, 0.3) is 0 Å². The van der Waals surface area contributed by atoms with Crippen molar-refractivity contribution in [2.75, 3.05) is 72.7 Å². The van der Waals surface area contributed by atoms with Crippen LogP contribution >= 0.6 is 0 Å². The van der Waals surface area contributed by atoms with Crippen LogP contribution in [0, 0.1) is 0 Å². The van der Waals surface area contributed by atoms with Gasteiger partial charge in [0, 0.05) is 6.61 Å². The lowest BCUT2D eigenvalue weighted by Gasteiger charge is -2.08. The van der Waals surface area contributed by atoms with Crippen molar-refractivity contribution in [1.82, 2.24) is 0 Å². The number of ether oxygens (including phenoxy) is 5. The Morgan fingerprint density at radius 2 is 0.526 bits per heavy atom. The molecule has 0 radical (unpaired) electrons. The molecule has 0 aromatic heterocycles. The average Bonchev–Trinajstić information content (AvgIpc) is 2.93. The molecule has 6 nitrogen and oxygen atoms in total. The van der Waals surface area contributed by atoms with Crippen molar-refractivity contribution in [3.63, 3.8) is 0 Å². The van der Waals surface area contributed by atoms with E-state index in [-0.39, 0.29) is 6.61 Å². The molecule has 0 spiro atoms. The number of unbranched alkanes of at least 4 members (excludes halogenated alkanes) is 19. The van der Waals surface area contributed by atoms with Gasteiger partial charge in [0.15, 0.2) is 0 Å². The van der Waals surface area contributed by atoms with E-state index in [1.807, 2.05) is 0 Å². The number of aliphatic hydroxyl groups excluding tert-OH is 1. The number of hydrogen-bond acceptors (Lipinski definition) is 6. The zero-order valence-electron chi connectivity index (χ0n) is 25.4. The minimum absolute atomic E-state index is 0.0494. The highest BCUT2D eigenvalue weighted by Crippen LogP contribution is 2.14. The van der Waals surface area contributed by atoms with E-state index >= 15 is 0 Å². The van der Waals surface area contributed by atoms with E-state index in [4.69, 9.17) is 28.8 Å². The average molecular weight is 547 g/mol. The van der Waals surface area contributed by atoms with Crippen molar-refractivity contribution in [2.45, 2.75) is 135 Å². The molecule has 0 aromatic carbocycles. The van der Waals surface area contributed by atoms with Crippen molar-refractivity contribution < 1.29 is 28.8 Å². The van der Waals surface area contributed by atoms with Crippen LogP contribution in [0.5, 0.6) is 0 Å². The second-order valence-electron chi connectivity index (χ2n) is 10.5. The molecule has 0 aliphatic carbocycles. The number of hydrogen-bond donors (Lipinski definition) is 1. The maximum Gasteiger partial charge on any atom is 0.0701 e. The van der Waals surface area contributed by atoms with Gasteiger partial charge < -0.3 is 28.8 Å². The van der Waals surface area contributed by atoms with Crippen LogP contribution in [0.2, 0.25) is 0 Å². The van der Waals surface area contributed by atoms with Crippen LogP contribution in [0.4, 0.5) is 0 Å². The lowest BCUT2D eigenvalue weighted by molar-refractivity contribution is -0.0134. The van der Waals surface area contributed by atoms with Gasteiger partial charge in [0.05, 0.1) is 66.1 Å². The largest absolute Gasteiger partial charge is 0.394 e. The summed E-state index contributed by atoms with van der Waals surface area (Å²) >= 11 is 0. The topological polar surface area (TPSA) is 66.4 Å². The third-order valence-corrected chi connectivity index (χ3v) is 6.87. The van der Waals surface area contributed by atoms with Gasteiger partial charge in [-0.25, -0.2) is 0 Å². The van der Waals surface area contributed by atoms with E-state index < -0.39 is 0 Å². The summed E-state index contributed by atoms with van der Waals surface area (Å²) in [7, 11) is 0. The second kappa shape index (κ2) is 36.8. The fourth-order valence-corrected chi connectivity index (χ4v) is 4.51. The van der Waals surface area contributed by atoms with E-state index in [1.165, 1.54) is 122 Å². The van der Waals surface area contributed by atoms with Gasteiger partial charge in [-0.05, 0) is 6.42 Å². The van der Waals surface area contributed by atoms with Crippen LogP contribution in [-0.4, -0.2) is 77.8 Å². The molecule has 0 bridgehead atoms. The Hall–Kier alpha value is -0.240. The van der Waals surface area contributed by atoms with Gasteiger partial charge >= 0.3 is 0 Å². The van der Waals surface area contributed by atoms with Gasteiger partial charge in [-0.15, -0.1) is 0 Å². The smallest absolute Gasteiger partial charge is 0.0701 e. The Balaban J connectivity index is 3.01. The Kier molecular flexibility index (Phi) is 36.5. The molecule has 0 aromatic rings. The highest BCUT2D eigenvalue weighted by molar-refractivity contribution is 4.51. The molecule has 0 rings (SSSR count). The number of aliphatic hydroxyl groups is 1. The van der Waals surface area contributed by atoms with Crippen LogP contribution in [0.15, 0.2) is 0 Å². The van der Waals surface area contributed by atoms with Crippen LogP contribution in [-0.2, 0) is 23.7 Å². The highest BCUT2D eigenvalue weighted by Gasteiger charge is 1.97. The zero-order chi connectivity index (χ0) is 27.5. The number of rotatable bonds is 35. The van der Waals surface area contributed by atoms with Crippen LogP contribution in [0.1, 0.15) is 135 Å². The van der Waals surface area contributed by atoms with Crippen molar-refractivity contribution in [2.24, 2.45) is 0 Å². The summed E-state index contributed by atoms with van der Waals surface area (Å²) in [5.41, 5.74) is 0. The van der Waals surface area contributed by atoms with Crippen LogP contribution in [0.3, 0.4) is 0 Å². The quantitative estimate of drug-likeness (QED) is 0.0816. The molecule has 38 heavy (non-hydrogen) atoms. The summed E-state index contributed by atoms with van der Waals surface area (Å²) in [6.45, 7) is 8.13. The summed E-state index contributed by atoms with van der Waals surface area (Å²) in [5, 5.41) is 8.58. The first kappa shape index (κ1) is 37.8. The minimum Gasteiger partial charge on any atom is -0.394 e. The predicted molar refractivity (Wildman–Crippen MR) is 159 cm³/mol. The Morgan fingerprint density at radius 1 is 0.289 bits per heavy atom. The van der Waals surface area contributed by atoms with Gasteiger partial charge in [0.1, 0.15) is 0 Å². The first-order valence-electron chi connectivity index (χ1n) is 16.4. The minimum atomic E-state index is 0.0494. The first-order chi connectivity index (χ1) is 18.9. The predicted octanol–water partition coefficient (Wildman–Crippen LogP) is 7.88. The maximum atomic E-state index is 8.58. The molecular formula is C32H66O6. The second-order valence-corrected chi connectivity index (χ2v) is 10.5. The van der Waals surface area contributed by atoms with E-state index in [9.17, 15) is 0 Å². The van der Waals surface area contributed by atoms with Crippen molar-refractivity contribution in [3.05, 3.63) is 0 Å². The van der Waals surface area contributed by atoms with Gasteiger partial charge in [-0.2, -0.15) is 0 Å². The molecule has 6 heteroatoms. The van der Waals surface area contributed by atoms with Crippen molar-refractivity contribution >= 4 is 0 Å². The molecule has 0 amide bonds. The molecule has 0 unspecified atom stereocenters. The molecule has 0 aliphatic rings. The van der Waals surface area contributed by atoms with E-state index in [0.717, 1.165) is 13.0 Å². The molecule has 0 aliphatic heterocycles. The van der Waals surface area contributed by atoms with Gasteiger partial charge in [0.2, 0.25) is 0 Å². The first-order valence-corrected chi connectivity index (χ1v) is 16.4. The molecule has 0 atom stereocenters. The van der Waals surface area contributed by atoms with E-state index in [1.54, 1.807) is 0 Å². The summed E-state index contributed by atoms with van der Waals surface area (Å²) < 4.78 is 27.1. The summed E-state index contributed by atoms with van der Waals surface area (Å²) in [4.78, 5) is 0. The zero-order valence-corrected chi connectivity index (χ0v) is 25.4. The fourth-order valence-electron chi connectivity index (χ4n) is 4.51. The monoisotopic (exact) mass is 546 g/mol. The van der Waals surface area contributed by atoms with Crippen molar-refractivity contribution in [1.29, 1.82) is 0 Å². The summed E-state index contributed by atoms with van der Waals surface area (Å²) in [5.74, 6) is 0. The molecule has 0 fully saturated rings. The third kappa shape index (κ3) is 35.8. The molecule has 1 N–H and O–H groups in total. The summed E-state index contributed by atoms with van der Waals surface area (Å²) in [6, 6.07) is 0. The van der Waals surface area contributed by atoms with E-state index in [2.05, 4.69) is 6.92 Å². The molecule has 0 saturated heterocycles. The molecule has 0 heterocycles. The van der Waals surface area contributed by atoms with Gasteiger partial charge in [0.25, 0.3) is 0 Å². The van der Waals surface area contributed by atoms with Gasteiger partial charge in [-0.3, -0.25) is 0 Å². The van der Waals surface area contributed by atoms with E-state index in [0.29, 0.717) is 59.5 Å². The fraction of sp³-hybridized carbons (Fsp3) is 1.00. The Bertz CT molecular complexity index is 360. The Morgan fingerprint density at radius 3 is 0.816 bits per heavy atom. The summed E-state index contributed by atoms with van der Waals surface area (Å²) in [6.07, 6.45) is 28.2. The lowest BCUT2D eigenvalue weighted by Crippen LogP contribution is -2.13. The SMILES string of the molecule is CCCCCCCCCCCCCCCCCCCCCCOCCOCCOCCOCCOCCO. The lowest BCUT2D eigenvalue weighted by atomic mass is 10.0. The third-order valence-electron chi connectivity index (χ3n) is 6.87. The Labute approximate surface area is 236 Å². The molecule has 230 valence electrons. The maximum absolute atomic E-state index is 8.58. The highest BCUT2D eigenvalue weighted by atomic mass is 16.6. The van der Waals surface area contributed by atoms with Gasteiger partial charge in [-0.1, -0.05) is 129 Å². The normalized spacial score (nSPS) is 11.5. The molecular weight excluding hydrogens is 480 g/mol. The standard InChI is InChI=1S/C32H66O6/c1-2-3-4-5-6-7-8-9-10-11-12-13-14-15-16-17-18-19-20-21-23-34-25-27-36-29-31-38-32-30-37-28-26-35-24-22-33/h33H,2-32H2,1H3. The van der Waals surface area contributed by atoms with Crippen LogP contribution < -0.4 is 0 Å².